The molecule has 1 heterocycles. The van der Waals surface area contributed by atoms with Crippen LogP contribution < -0.4 is 5.32 Å². The molecule has 1 aromatic carbocycles. The minimum atomic E-state index is -0.811. The van der Waals surface area contributed by atoms with Crippen molar-refractivity contribution >= 4 is 23.6 Å². The Morgan fingerprint density at radius 3 is 2.55 bits per heavy atom. The molecule has 0 atom stereocenters. The number of ether oxygens (including phenoxy) is 1. The molecule has 0 aliphatic carbocycles. The van der Waals surface area contributed by atoms with Gasteiger partial charge in [0.2, 0.25) is 0 Å². The first kappa shape index (κ1) is 14.0. The van der Waals surface area contributed by atoms with Crippen LogP contribution in [0.15, 0.2) is 48.7 Å². The van der Waals surface area contributed by atoms with Crippen molar-refractivity contribution in [2.24, 2.45) is 0 Å². The molecule has 0 unspecified atom stereocenters. The Bertz CT molecular complexity index is 600. The van der Waals surface area contributed by atoms with Crippen molar-refractivity contribution in [2.75, 3.05) is 0 Å². The maximum atomic E-state index is 11.7. The Kier molecular flexibility index (Phi) is 4.68. The number of hydrogen-bond acceptors (Lipinski definition) is 4. The Balaban J connectivity index is 1.85. The molecule has 1 aromatic heterocycles. The molecule has 0 radical (unpaired) electrons. The number of pyridine rings is 1. The standard InChI is InChI=1S/C14H11ClN2O3/c15-12-7-6-11(8-16-12)13(18)17-14(19)20-9-10-4-2-1-3-5-10/h1-8H,9H2,(H,17,18,19). The number of aromatic nitrogens is 1. The van der Waals surface area contributed by atoms with Crippen molar-refractivity contribution < 1.29 is 14.3 Å². The molecule has 0 saturated heterocycles. The lowest BCUT2D eigenvalue weighted by Crippen LogP contribution is -2.31. The number of rotatable bonds is 3. The zero-order valence-corrected chi connectivity index (χ0v) is 11.1. The molecule has 5 nitrogen and oxygen atoms in total. The van der Waals surface area contributed by atoms with Gasteiger partial charge in [0, 0.05) is 6.20 Å². The van der Waals surface area contributed by atoms with Crippen molar-refractivity contribution in [3.63, 3.8) is 0 Å². The molecule has 2 amide bonds. The second-order valence-electron chi connectivity index (χ2n) is 3.89. The zero-order valence-electron chi connectivity index (χ0n) is 10.4. The summed E-state index contributed by atoms with van der Waals surface area (Å²) in [6, 6.07) is 12.1. The lowest BCUT2D eigenvalue weighted by atomic mass is 10.2. The first-order valence-electron chi connectivity index (χ1n) is 5.79. The van der Waals surface area contributed by atoms with Gasteiger partial charge < -0.3 is 4.74 Å². The fraction of sp³-hybridized carbons (Fsp3) is 0.0714. The third kappa shape index (κ3) is 4.07. The highest BCUT2D eigenvalue weighted by molar-refractivity contribution is 6.29. The number of amides is 2. The highest BCUT2D eigenvalue weighted by Gasteiger charge is 2.11. The van der Waals surface area contributed by atoms with Crippen LogP contribution in [0.1, 0.15) is 15.9 Å². The minimum absolute atomic E-state index is 0.0961. The van der Waals surface area contributed by atoms with Crippen molar-refractivity contribution in [1.29, 1.82) is 0 Å². The number of alkyl carbamates (subject to hydrolysis) is 1. The maximum Gasteiger partial charge on any atom is 0.414 e. The number of halogens is 1. The van der Waals surface area contributed by atoms with Crippen LogP contribution in [0.5, 0.6) is 0 Å². The summed E-state index contributed by atoms with van der Waals surface area (Å²) in [5.74, 6) is -0.591. The van der Waals surface area contributed by atoms with Crippen molar-refractivity contribution in [2.45, 2.75) is 6.61 Å². The largest absolute Gasteiger partial charge is 0.444 e. The number of benzene rings is 1. The van der Waals surface area contributed by atoms with Crippen LogP contribution in [-0.2, 0) is 11.3 Å². The molecular formula is C14H11ClN2O3. The molecule has 0 spiro atoms. The van der Waals surface area contributed by atoms with Crippen LogP contribution in [0.2, 0.25) is 5.15 Å². The van der Waals surface area contributed by atoms with Gasteiger partial charge in [-0.3, -0.25) is 10.1 Å². The van der Waals surface area contributed by atoms with E-state index >= 15 is 0 Å². The molecule has 6 heteroatoms. The van der Waals surface area contributed by atoms with E-state index in [1.807, 2.05) is 30.3 Å². The number of nitrogens with one attached hydrogen (secondary N) is 1. The molecule has 0 fully saturated rings. The quantitative estimate of drug-likeness (QED) is 0.883. The van der Waals surface area contributed by atoms with Gasteiger partial charge in [0.1, 0.15) is 11.8 Å². The van der Waals surface area contributed by atoms with Gasteiger partial charge in [0.05, 0.1) is 5.56 Å². The third-order valence-electron chi connectivity index (χ3n) is 2.42. The fourth-order valence-electron chi connectivity index (χ4n) is 1.43. The minimum Gasteiger partial charge on any atom is -0.444 e. The highest BCUT2D eigenvalue weighted by Crippen LogP contribution is 2.05. The summed E-state index contributed by atoms with van der Waals surface area (Å²) in [6.45, 7) is 0.0961. The van der Waals surface area contributed by atoms with Crippen LogP contribution >= 0.6 is 11.6 Å². The van der Waals surface area contributed by atoms with Gasteiger partial charge in [-0.05, 0) is 17.7 Å². The summed E-state index contributed by atoms with van der Waals surface area (Å²) in [4.78, 5) is 26.9. The molecular weight excluding hydrogens is 280 g/mol. The van der Waals surface area contributed by atoms with E-state index in [2.05, 4.69) is 10.3 Å². The van der Waals surface area contributed by atoms with Crippen LogP contribution in [0.25, 0.3) is 0 Å². The summed E-state index contributed by atoms with van der Waals surface area (Å²) in [6.07, 6.45) is 0.469. The van der Waals surface area contributed by atoms with E-state index in [1.165, 1.54) is 18.3 Å². The SMILES string of the molecule is O=C(NC(=O)c1ccc(Cl)nc1)OCc1ccccc1. The second-order valence-corrected chi connectivity index (χ2v) is 4.27. The van der Waals surface area contributed by atoms with E-state index in [0.717, 1.165) is 5.56 Å². The average Bonchev–Trinajstić information content (AvgIpc) is 2.47. The van der Waals surface area contributed by atoms with Crippen LogP contribution in [0.3, 0.4) is 0 Å². The topological polar surface area (TPSA) is 68.3 Å². The smallest absolute Gasteiger partial charge is 0.414 e. The Labute approximate surface area is 120 Å². The number of hydrogen-bond donors (Lipinski definition) is 1. The number of carbonyl (C=O) groups excluding carboxylic acids is 2. The zero-order chi connectivity index (χ0) is 14.4. The summed E-state index contributed by atoms with van der Waals surface area (Å²) in [7, 11) is 0. The van der Waals surface area contributed by atoms with Gasteiger partial charge in [-0.2, -0.15) is 0 Å². The second kappa shape index (κ2) is 6.68. The van der Waals surface area contributed by atoms with E-state index in [9.17, 15) is 9.59 Å². The van der Waals surface area contributed by atoms with Gasteiger partial charge in [0.15, 0.2) is 0 Å². The lowest BCUT2D eigenvalue weighted by molar-refractivity contribution is 0.0912. The van der Waals surface area contributed by atoms with Crippen molar-refractivity contribution in [3.05, 3.63) is 64.9 Å². The molecule has 0 aliphatic rings. The third-order valence-corrected chi connectivity index (χ3v) is 2.64. The Morgan fingerprint density at radius 1 is 1.15 bits per heavy atom. The number of nitrogens with zero attached hydrogens (tertiary/aromatic N) is 1. The molecule has 1 N–H and O–H groups in total. The van der Waals surface area contributed by atoms with Crippen LogP contribution in [0.4, 0.5) is 4.79 Å². The molecule has 0 saturated carbocycles. The summed E-state index contributed by atoms with van der Waals surface area (Å²) in [5, 5.41) is 2.37. The maximum absolute atomic E-state index is 11.7. The molecule has 2 aromatic rings. The van der Waals surface area contributed by atoms with E-state index in [1.54, 1.807) is 0 Å². The molecule has 2 rings (SSSR count). The van der Waals surface area contributed by atoms with Crippen LogP contribution in [0, 0.1) is 0 Å². The number of imide groups is 1. The van der Waals surface area contributed by atoms with Crippen molar-refractivity contribution in [3.8, 4) is 0 Å². The monoisotopic (exact) mass is 290 g/mol. The summed E-state index contributed by atoms with van der Waals surface area (Å²) >= 11 is 5.61. The fourth-order valence-corrected chi connectivity index (χ4v) is 1.55. The molecule has 0 bridgehead atoms. The highest BCUT2D eigenvalue weighted by atomic mass is 35.5. The number of carbonyl (C=O) groups is 2. The summed E-state index contributed by atoms with van der Waals surface area (Å²) in [5.41, 5.74) is 1.06. The molecule has 0 aliphatic heterocycles. The van der Waals surface area contributed by atoms with Gasteiger partial charge >= 0.3 is 6.09 Å². The van der Waals surface area contributed by atoms with Gasteiger partial charge in [0.25, 0.3) is 5.91 Å². The van der Waals surface area contributed by atoms with Crippen molar-refractivity contribution in [1.82, 2.24) is 10.3 Å². The first-order valence-corrected chi connectivity index (χ1v) is 6.16. The van der Waals surface area contributed by atoms with E-state index in [0.29, 0.717) is 0 Å². The Morgan fingerprint density at radius 2 is 1.90 bits per heavy atom. The molecule has 20 heavy (non-hydrogen) atoms. The Hall–Kier alpha value is -2.40. The first-order chi connectivity index (χ1) is 9.65. The van der Waals surface area contributed by atoms with Gasteiger partial charge in [-0.1, -0.05) is 41.9 Å². The lowest BCUT2D eigenvalue weighted by Gasteiger charge is -2.06. The molecule has 102 valence electrons. The normalized spacial score (nSPS) is 9.85. The van der Waals surface area contributed by atoms with E-state index in [4.69, 9.17) is 16.3 Å². The summed E-state index contributed by atoms with van der Waals surface area (Å²) < 4.78 is 4.93. The van der Waals surface area contributed by atoms with Crippen LogP contribution in [-0.4, -0.2) is 17.0 Å². The predicted molar refractivity (Wildman–Crippen MR) is 73.3 cm³/mol. The van der Waals surface area contributed by atoms with Gasteiger partial charge in [-0.15, -0.1) is 0 Å². The average molecular weight is 291 g/mol. The van der Waals surface area contributed by atoms with Gasteiger partial charge in [-0.25, -0.2) is 9.78 Å². The van der Waals surface area contributed by atoms with E-state index < -0.39 is 12.0 Å². The predicted octanol–water partition coefficient (Wildman–Crippen LogP) is 2.80. The van der Waals surface area contributed by atoms with E-state index in [-0.39, 0.29) is 17.3 Å².